The number of hydrogen-bond acceptors (Lipinski definition) is 6. The van der Waals surface area contributed by atoms with Gasteiger partial charge in [-0.3, -0.25) is 0 Å². The van der Waals surface area contributed by atoms with Crippen LogP contribution in [0.2, 0.25) is 0 Å². The Morgan fingerprint density at radius 1 is 1.09 bits per heavy atom. The van der Waals surface area contributed by atoms with Crippen molar-refractivity contribution in [3.05, 3.63) is 5.82 Å². The van der Waals surface area contributed by atoms with Crippen LogP contribution in [0.15, 0.2) is 0 Å². The third kappa shape index (κ3) is 3.42. The molecule has 0 bridgehead atoms. The average molecular weight is 318 g/mol. The highest BCUT2D eigenvalue weighted by molar-refractivity contribution is 5.40. The average Bonchev–Trinajstić information content (AvgIpc) is 2.53. The molecule has 2 unspecified atom stereocenters. The molecular formula is C17H30N6. The number of piperidine rings is 2. The highest BCUT2D eigenvalue weighted by Gasteiger charge is 2.36. The third-order valence-electron chi connectivity index (χ3n) is 5.07. The molecule has 128 valence electrons. The van der Waals surface area contributed by atoms with E-state index >= 15 is 0 Å². The fourth-order valence-corrected chi connectivity index (χ4v) is 3.79. The normalized spacial score (nSPS) is 25.6. The molecule has 0 N–H and O–H groups in total. The zero-order chi connectivity index (χ0) is 16.6. The Hall–Kier alpha value is -1.43. The van der Waals surface area contributed by atoms with Crippen LogP contribution in [0.25, 0.3) is 0 Å². The number of likely N-dealkylation sites (tertiary alicyclic amines) is 1. The van der Waals surface area contributed by atoms with Crippen LogP contribution in [0.5, 0.6) is 0 Å². The van der Waals surface area contributed by atoms with Crippen molar-refractivity contribution in [2.75, 3.05) is 50.6 Å². The lowest BCUT2D eigenvalue weighted by Crippen LogP contribution is -2.54. The minimum Gasteiger partial charge on any atom is -0.347 e. The summed E-state index contributed by atoms with van der Waals surface area (Å²) in [7, 11) is 6.23. The van der Waals surface area contributed by atoms with E-state index in [-0.39, 0.29) is 0 Å². The molecule has 2 atom stereocenters. The van der Waals surface area contributed by atoms with Gasteiger partial charge in [-0.2, -0.15) is 15.0 Å². The van der Waals surface area contributed by atoms with Crippen LogP contribution >= 0.6 is 0 Å². The van der Waals surface area contributed by atoms with Gasteiger partial charge >= 0.3 is 0 Å². The number of nitrogens with zero attached hydrogens (tertiary/aromatic N) is 6. The molecule has 2 fully saturated rings. The molecule has 0 saturated carbocycles. The van der Waals surface area contributed by atoms with Crippen molar-refractivity contribution in [1.82, 2.24) is 19.9 Å². The molecule has 0 spiro atoms. The zero-order valence-electron chi connectivity index (χ0n) is 15.2. The Morgan fingerprint density at radius 3 is 2.57 bits per heavy atom. The van der Waals surface area contributed by atoms with Crippen molar-refractivity contribution < 1.29 is 0 Å². The summed E-state index contributed by atoms with van der Waals surface area (Å²) in [5.74, 6) is 3.60. The molecule has 1 aromatic heterocycles. The summed E-state index contributed by atoms with van der Waals surface area (Å²) < 4.78 is 0. The maximum atomic E-state index is 4.81. The molecule has 0 radical (unpaired) electrons. The molecular weight excluding hydrogens is 288 g/mol. The first-order chi connectivity index (χ1) is 11.0. The second-order valence-electron chi connectivity index (χ2n) is 7.56. The molecule has 2 saturated heterocycles. The molecule has 6 nitrogen and oxygen atoms in total. The SMILES string of the molecule is CC(C)c1nc(N(C)C)nc(N2CCCC3CN(C)CCC32)n1. The standard InChI is InChI=1S/C17H30N6/c1-12(2)15-18-16(21(3)4)20-17(19-15)23-9-6-7-13-11-22(5)10-8-14(13)23/h12-14H,6-11H2,1-5H3. The van der Waals surface area contributed by atoms with Gasteiger partial charge in [0.25, 0.3) is 0 Å². The molecule has 0 amide bonds. The molecule has 1 aromatic rings. The topological polar surface area (TPSA) is 48.4 Å². The summed E-state index contributed by atoms with van der Waals surface area (Å²) in [6.07, 6.45) is 3.77. The van der Waals surface area contributed by atoms with E-state index in [1.165, 1.54) is 32.4 Å². The second kappa shape index (κ2) is 6.59. The van der Waals surface area contributed by atoms with Crippen LogP contribution < -0.4 is 9.80 Å². The van der Waals surface area contributed by atoms with Gasteiger partial charge in [0, 0.05) is 39.1 Å². The van der Waals surface area contributed by atoms with Crippen LogP contribution in [0.3, 0.4) is 0 Å². The number of fused-ring (bicyclic) bond motifs is 1. The van der Waals surface area contributed by atoms with Crippen molar-refractivity contribution >= 4 is 11.9 Å². The highest BCUT2D eigenvalue weighted by atomic mass is 15.3. The summed E-state index contributed by atoms with van der Waals surface area (Å²) in [6.45, 7) is 7.73. The summed E-state index contributed by atoms with van der Waals surface area (Å²) in [5.41, 5.74) is 0. The van der Waals surface area contributed by atoms with Crippen LogP contribution in [-0.4, -0.2) is 66.7 Å². The maximum absolute atomic E-state index is 4.81. The molecule has 0 aromatic carbocycles. The minimum absolute atomic E-state index is 0.313. The number of hydrogen-bond donors (Lipinski definition) is 0. The summed E-state index contributed by atoms with van der Waals surface area (Å²) in [6, 6.07) is 0.581. The maximum Gasteiger partial charge on any atom is 0.230 e. The third-order valence-corrected chi connectivity index (χ3v) is 5.07. The lowest BCUT2D eigenvalue weighted by molar-refractivity contribution is 0.153. The lowest BCUT2D eigenvalue weighted by atomic mass is 9.84. The fraction of sp³-hybridized carbons (Fsp3) is 0.824. The Kier molecular flexibility index (Phi) is 4.71. The van der Waals surface area contributed by atoms with E-state index < -0.39 is 0 Å². The Bertz CT molecular complexity index is 518. The molecule has 23 heavy (non-hydrogen) atoms. The van der Waals surface area contributed by atoms with E-state index in [9.17, 15) is 0 Å². The molecule has 3 rings (SSSR count). The van der Waals surface area contributed by atoms with Gasteiger partial charge in [0.2, 0.25) is 11.9 Å². The van der Waals surface area contributed by atoms with Crippen molar-refractivity contribution in [3.8, 4) is 0 Å². The highest BCUT2D eigenvalue weighted by Crippen LogP contribution is 2.33. The zero-order valence-corrected chi connectivity index (χ0v) is 15.2. The van der Waals surface area contributed by atoms with Crippen LogP contribution in [0, 0.1) is 5.92 Å². The predicted molar refractivity (Wildman–Crippen MR) is 94.2 cm³/mol. The Morgan fingerprint density at radius 2 is 1.87 bits per heavy atom. The van der Waals surface area contributed by atoms with Gasteiger partial charge in [-0.25, -0.2) is 0 Å². The van der Waals surface area contributed by atoms with Gasteiger partial charge in [-0.05, 0) is 38.8 Å². The monoisotopic (exact) mass is 318 g/mol. The van der Waals surface area contributed by atoms with Crippen LogP contribution in [0.4, 0.5) is 11.9 Å². The van der Waals surface area contributed by atoms with Crippen molar-refractivity contribution in [1.29, 1.82) is 0 Å². The first-order valence-electron chi connectivity index (χ1n) is 8.84. The van der Waals surface area contributed by atoms with E-state index in [4.69, 9.17) is 9.97 Å². The van der Waals surface area contributed by atoms with Crippen molar-refractivity contribution in [3.63, 3.8) is 0 Å². The van der Waals surface area contributed by atoms with Gasteiger partial charge in [-0.1, -0.05) is 13.8 Å². The molecule has 2 aliphatic rings. The Labute approximate surface area is 139 Å². The summed E-state index contributed by atoms with van der Waals surface area (Å²) in [4.78, 5) is 21.1. The molecule has 2 aliphatic heterocycles. The second-order valence-corrected chi connectivity index (χ2v) is 7.56. The van der Waals surface area contributed by atoms with E-state index in [0.29, 0.717) is 12.0 Å². The smallest absolute Gasteiger partial charge is 0.230 e. The number of anilines is 2. The number of aromatic nitrogens is 3. The van der Waals surface area contributed by atoms with Crippen LogP contribution in [0.1, 0.15) is 44.9 Å². The lowest BCUT2D eigenvalue weighted by Gasteiger charge is -2.46. The predicted octanol–water partition coefficient (Wildman–Crippen LogP) is 1.98. The molecule has 0 aliphatic carbocycles. The fourth-order valence-electron chi connectivity index (χ4n) is 3.79. The van der Waals surface area contributed by atoms with Crippen LogP contribution in [-0.2, 0) is 0 Å². The minimum atomic E-state index is 0.313. The number of rotatable bonds is 3. The first kappa shape index (κ1) is 16.4. The van der Waals surface area contributed by atoms with Crippen molar-refractivity contribution in [2.45, 2.75) is 45.1 Å². The van der Waals surface area contributed by atoms with Gasteiger partial charge in [0.1, 0.15) is 5.82 Å². The van der Waals surface area contributed by atoms with E-state index in [2.05, 4.69) is 35.7 Å². The van der Waals surface area contributed by atoms with Gasteiger partial charge < -0.3 is 14.7 Å². The molecule has 6 heteroatoms. The quantitative estimate of drug-likeness (QED) is 0.849. The van der Waals surface area contributed by atoms with E-state index in [1.54, 1.807) is 0 Å². The van der Waals surface area contributed by atoms with Gasteiger partial charge in [0.15, 0.2) is 0 Å². The van der Waals surface area contributed by atoms with Gasteiger partial charge in [0.05, 0.1) is 0 Å². The summed E-state index contributed by atoms with van der Waals surface area (Å²) in [5, 5.41) is 0. The van der Waals surface area contributed by atoms with Crippen molar-refractivity contribution in [2.24, 2.45) is 5.92 Å². The molecule has 3 heterocycles. The van der Waals surface area contributed by atoms with E-state index in [1.807, 2.05) is 19.0 Å². The van der Waals surface area contributed by atoms with E-state index in [0.717, 1.165) is 30.2 Å². The van der Waals surface area contributed by atoms with Gasteiger partial charge in [-0.15, -0.1) is 0 Å². The largest absolute Gasteiger partial charge is 0.347 e. The first-order valence-corrected chi connectivity index (χ1v) is 8.84. The summed E-state index contributed by atoms with van der Waals surface area (Å²) >= 11 is 0. The Balaban J connectivity index is 1.93.